The third kappa shape index (κ3) is 2.75. The lowest BCUT2D eigenvalue weighted by molar-refractivity contribution is 0.419. The smallest absolute Gasteiger partial charge is 0.151 e. The number of benzene rings is 1. The molecule has 1 fully saturated rings. The zero-order valence-electron chi connectivity index (χ0n) is 11.0. The van der Waals surface area contributed by atoms with Crippen LogP contribution in [-0.4, -0.2) is 19.9 Å². The Morgan fingerprint density at radius 3 is 2.50 bits per heavy atom. The standard InChI is InChI=1S/C14H21NO2S/c1-10(18(2,16)17)14(15)13-8-4-7-12(9-13)11-5-3-6-11/h4,7-11,14H,3,5-6,15H2,1-2H3. The molecule has 0 aromatic heterocycles. The van der Waals surface area contributed by atoms with E-state index in [0.717, 1.165) is 5.56 Å². The van der Waals surface area contributed by atoms with Crippen molar-refractivity contribution in [1.82, 2.24) is 0 Å². The zero-order chi connectivity index (χ0) is 13.3. The Balaban J connectivity index is 2.22. The van der Waals surface area contributed by atoms with Gasteiger partial charge in [0.1, 0.15) is 0 Å². The Morgan fingerprint density at radius 2 is 2.00 bits per heavy atom. The van der Waals surface area contributed by atoms with Crippen LogP contribution in [0.4, 0.5) is 0 Å². The molecule has 0 spiro atoms. The molecule has 3 nitrogen and oxygen atoms in total. The van der Waals surface area contributed by atoms with Gasteiger partial charge in [0, 0.05) is 12.3 Å². The van der Waals surface area contributed by atoms with Crippen LogP contribution >= 0.6 is 0 Å². The Hall–Kier alpha value is -0.870. The molecule has 0 aliphatic heterocycles. The molecule has 100 valence electrons. The summed E-state index contributed by atoms with van der Waals surface area (Å²) in [6.45, 7) is 1.68. The summed E-state index contributed by atoms with van der Waals surface area (Å²) in [6.07, 6.45) is 5.01. The Labute approximate surface area is 109 Å². The van der Waals surface area contributed by atoms with E-state index in [2.05, 4.69) is 12.1 Å². The Morgan fingerprint density at radius 1 is 1.33 bits per heavy atom. The van der Waals surface area contributed by atoms with Crippen molar-refractivity contribution in [3.63, 3.8) is 0 Å². The quantitative estimate of drug-likeness (QED) is 0.911. The van der Waals surface area contributed by atoms with Crippen LogP contribution in [0.2, 0.25) is 0 Å². The SMILES string of the molecule is CC(C(N)c1cccc(C2CCC2)c1)S(C)(=O)=O. The van der Waals surface area contributed by atoms with Crippen LogP contribution in [0.15, 0.2) is 24.3 Å². The van der Waals surface area contributed by atoms with E-state index >= 15 is 0 Å². The van der Waals surface area contributed by atoms with Gasteiger partial charge in [0.05, 0.1) is 5.25 Å². The van der Waals surface area contributed by atoms with E-state index in [-0.39, 0.29) is 0 Å². The first kappa shape index (κ1) is 13.6. The first-order valence-corrected chi connectivity index (χ1v) is 8.39. The van der Waals surface area contributed by atoms with Crippen molar-refractivity contribution in [3.05, 3.63) is 35.4 Å². The number of sulfone groups is 1. The average molecular weight is 267 g/mol. The molecule has 0 radical (unpaired) electrons. The highest BCUT2D eigenvalue weighted by atomic mass is 32.2. The summed E-state index contributed by atoms with van der Waals surface area (Å²) in [5.74, 6) is 0.644. The molecule has 2 rings (SSSR count). The molecule has 1 aliphatic carbocycles. The van der Waals surface area contributed by atoms with Crippen LogP contribution in [-0.2, 0) is 9.84 Å². The second-order valence-electron chi connectivity index (χ2n) is 5.36. The number of hydrogen-bond donors (Lipinski definition) is 1. The third-order valence-electron chi connectivity index (χ3n) is 4.05. The van der Waals surface area contributed by atoms with Gasteiger partial charge in [-0.2, -0.15) is 0 Å². The second-order valence-corrected chi connectivity index (χ2v) is 7.76. The molecule has 2 N–H and O–H groups in total. The zero-order valence-corrected chi connectivity index (χ0v) is 11.8. The van der Waals surface area contributed by atoms with Gasteiger partial charge in [0.15, 0.2) is 9.84 Å². The second kappa shape index (κ2) is 5.02. The molecule has 2 atom stereocenters. The van der Waals surface area contributed by atoms with E-state index in [0.29, 0.717) is 5.92 Å². The maximum absolute atomic E-state index is 11.6. The van der Waals surface area contributed by atoms with Gasteiger partial charge in [-0.3, -0.25) is 0 Å². The summed E-state index contributed by atoms with van der Waals surface area (Å²) in [6, 6.07) is 7.66. The summed E-state index contributed by atoms with van der Waals surface area (Å²) in [4.78, 5) is 0. The minimum atomic E-state index is -3.10. The van der Waals surface area contributed by atoms with Crippen molar-refractivity contribution < 1.29 is 8.42 Å². The first-order valence-electron chi connectivity index (χ1n) is 6.44. The Kier molecular flexibility index (Phi) is 3.78. The number of rotatable bonds is 4. The predicted molar refractivity (Wildman–Crippen MR) is 74.3 cm³/mol. The molecule has 2 unspecified atom stereocenters. The topological polar surface area (TPSA) is 60.2 Å². The van der Waals surface area contributed by atoms with E-state index in [1.165, 1.54) is 31.1 Å². The van der Waals surface area contributed by atoms with E-state index in [1.807, 2.05) is 12.1 Å². The van der Waals surface area contributed by atoms with Gasteiger partial charge in [0.2, 0.25) is 0 Å². The summed E-state index contributed by atoms with van der Waals surface area (Å²) >= 11 is 0. The van der Waals surface area contributed by atoms with Gasteiger partial charge in [-0.05, 0) is 36.8 Å². The molecule has 0 bridgehead atoms. The molecule has 1 aliphatic rings. The maximum atomic E-state index is 11.6. The van der Waals surface area contributed by atoms with E-state index in [9.17, 15) is 8.42 Å². The van der Waals surface area contributed by atoms with Gasteiger partial charge < -0.3 is 5.73 Å². The van der Waals surface area contributed by atoms with Gasteiger partial charge in [-0.1, -0.05) is 30.7 Å². The van der Waals surface area contributed by atoms with Crippen molar-refractivity contribution in [2.75, 3.05) is 6.26 Å². The fourth-order valence-electron chi connectivity index (χ4n) is 2.30. The molecule has 0 heterocycles. The fourth-order valence-corrected chi connectivity index (χ4v) is 2.99. The van der Waals surface area contributed by atoms with E-state index < -0.39 is 21.1 Å². The van der Waals surface area contributed by atoms with Gasteiger partial charge in [0.25, 0.3) is 0 Å². The van der Waals surface area contributed by atoms with Crippen molar-refractivity contribution in [2.45, 2.75) is 43.4 Å². The molecule has 18 heavy (non-hydrogen) atoms. The largest absolute Gasteiger partial charge is 0.323 e. The van der Waals surface area contributed by atoms with E-state index in [1.54, 1.807) is 6.92 Å². The lowest BCUT2D eigenvalue weighted by Crippen LogP contribution is -2.30. The lowest BCUT2D eigenvalue weighted by atomic mass is 9.79. The molecular formula is C14H21NO2S. The summed E-state index contributed by atoms with van der Waals surface area (Å²) in [5, 5.41) is -0.547. The highest BCUT2D eigenvalue weighted by Crippen LogP contribution is 2.37. The molecule has 0 amide bonds. The molecule has 1 aromatic carbocycles. The minimum Gasteiger partial charge on any atom is -0.323 e. The normalized spacial score (nSPS) is 20.2. The van der Waals surface area contributed by atoms with Gasteiger partial charge >= 0.3 is 0 Å². The third-order valence-corrected chi connectivity index (χ3v) is 5.70. The van der Waals surface area contributed by atoms with Crippen LogP contribution in [0.25, 0.3) is 0 Å². The highest BCUT2D eigenvalue weighted by molar-refractivity contribution is 7.91. The van der Waals surface area contributed by atoms with Crippen molar-refractivity contribution in [1.29, 1.82) is 0 Å². The van der Waals surface area contributed by atoms with Crippen molar-refractivity contribution in [3.8, 4) is 0 Å². The van der Waals surface area contributed by atoms with Gasteiger partial charge in [-0.25, -0.2) is 8.42 Å². The summed E-state index contributed by atoms with van der Waals surface area (Å²) in [5.41, 5.74) is 8.30. The lowest BCUT2D eigenvalue weighted by Gasteiger charge is -2.27. The van der Waals surface area contributed by atoms with Gasteiger partial charge in [-0.15, -0.1) is 0 Å². The van der Waals surface area contributed by atoms with E-state index in [4.69, 9.17) is 5.73 Å². The molecular weight excluding hydrogens is 246 g/mol. The fraction of sp³-hybridized carbons (Fsp3) is 0.571. The van der Waals surface area contributed by atoms with Crippen LogP contribution in [0.3, 0.4) is 0 Å². The summed E-state index contributed by atoms with van der Waals surface area (Å²) in [7, 11) is -3.10. The molecule has 1 saturated carbocycles. The van der Waals surface area contributed by atoms with Crippen LogP contribution < -0.4 is 5.73 Å². The Bertz CT molecular complexity index is 520. The highest BCUT2D eigenvalue weighted by Gasteiger charge is 2.25. The van der Waals surface area contributed by atoms with Crippen LogP contribution in [0.5, 0.6) is 0 Å². The predicted octanol–water partition coefficient (Wildman–Crippen LogP) is 2.39. The van der Waals surface area contributed by atoms with Crippen molar-refractivity contribution in [2.24, 2.45) is 5.73 Å². The van der Waals surface area contributed by atoms with Crippen LogP contribution in [0.1, 0.15) is 49.3 Å². The summed E-state index contributed by atoms with van der Waals surface area (Å²) < 4.78 is 23.1. The minimum absolute atomic E-state index is 0.444. The van der Waals surface area contributed by atoms with Crippen LogP contribution in [0, 0.1) is 0 Å². The maximum Gasteiger partial charge on any atom is 0.151 e. The van der Waals surface area contributed by atoms with Crippen molar-refractivity contribution >= 4 is 9.84 Å². The average Bonchev–Trinajstić information content (AvgIpc) is 2.24. The molecule has 1 aromatic rings. The number of hydrogen-bond acceptors (Lipinski definition) is 3. The molecule has 0 saturated heterocycles. The monoisotopic (exact) mass is 267 g/mol. The molecule has 4 heteroatoms. The first-order chi connectivity index (χ1) is 8.39. The number of nitrogens with two attached hydrogens (primary N) is 1.